The Morgan fingerprint density at radius 2 is 1.97 bits per heavy atom. The number of amides is 1. The maximum Gasteiger partial charge on any atom is 0.318 e. The minimum atomic E-state index is -1.41. The van der Waals surface area contributed by atoms with E-state index >= 15 is 0 Å². The topological polar surface area (TPSA) is 125 Å². The van der Waals surface area contributed by atoms with Crippen LogP contribution in [-0.4, -0.2) is 42.2 Å². The van der Waals surface area contributed by atoms with Crippen LogP contribution < -0.4 is 0 Å². The largest absolute Gasteiger partial charge is 0.468 e. The van der Waals surface area contributed by atoms with Crippen molar-refractivity contribution in [2.75, 3.05) is 13.7 Å². The quantitative estimate of drug-likeness (QED) is 0.278. The molecule has 1 aliphatic heterocycles. The van der Waals surface area contributed by atoms with Crippen LogP contribution in [0.1, 0.15) is 23.3 Å². The first-order valence-corrected chi connectivity index (χ1v) is 10.3. The molecule has 0 bridgehead atoms. The lowest BCUT2D eigenvalue weighted by molar-refractivity contribution is -0.384. The van der Waals surface area contributed by atoms with Crippen molar-refractivity contribution in [2.24, 2.45) is 16.8 Å². The SMILES string of the molecule is COC(=O)C1C(=O)N=C(C)C(C(=O)OCCc2cccs2)C1c1cccc([N+](=O)[O-])c1. The second kappa shape index (κ2) is 9.61. The first-order chi connectivity index (χ1) is 14.8. The third-order valence-electron chi connectivity index (χ3n) is 5.07. The highest BCUT2D eigenvalue weighted by molar-refractivity contribution is 7.09. The standard InChI is InChI=1S/C21H20N2O7S/c1-12-16(21(26)30-9-8-15-7-4-10-31-15)17(18(19(24)22-12)20(25)29-2)13-5-3-6-14(11-13)23(27)28/h3-7,10-11,16-18H,8-9H2,1-2H3. The molecule has 0 fully saturated rings. The number of hydrogen-bond acceptors (Lipinski definition) is 8. The lowest BCUT2D eigenvalue weighted by Gasteiger charge is -2.33. The molecule has 2 aromatic rings. The fourth-order valence-electron chi connectivity index (χ4n) is 3.64. The summed E-state index contributed by atoms with van der Waals surface area (Å²) in [5, 5.41) is 13.2. The van der Waals surface area contributed by atoms with Crippen molar-refractivity contribution >= 4 is 40.6 Å². The number of aliphatic imine (C=N–C) groups is 1. The summed E-state index contributed by atoms with van der Waals surface area (Å²) in [4.78, 5) is 53.6. The van der Waals surface area contributed by atoms with Crippen LogP contribution in [0, 0.1) is 22.0 Å². The predicted octanol–water partition coefficient (Wildman–Crippen LogP) is 2.93. The normalized spacial score (nSPS) is 20.6. The smallest absolute Gasteiger partial charge is 0.318 e. The summed E-state index contributed by atoms with van der Waals surface area (Å²) in [5.74, 6) is -5.79. The minimum Gasteiger partial charge on any atom is -0.468 e. The minimum absolute atomic E-state index is 0.113. The Morgan fingerprint density at radius 3 is 2.61 bits per heavy atom. The molecule has 3 unspecified atom stereocenters. The molecule has 9 nitrogen and oxygen atoms in total. The molecular formula is C21H20N2O7S. The van der Waals surface area contributed by atoms with E-state index in [1.165, 1.54) is 42.5 Å². The number of esters is 2. The van der Waals surface area contributed by atoms with Crippen molar-refractivity contribution in [2.45, 2.75) is 19.3 Å². The Labute approximate surface area is 181 Å². The number of methoxy groups -OCH3 is 1. The third-order valence-corrected chi connectivity index (χ3v) is 6.00. The van der Waals surface area contributed by atoms with Gasteiger partial charge < -0.3 is 9.47 Å². The zero-order valence-electron chi connectivity index (χ0n) is 16.8. The highest BCUT2D eigenvalue weighted by atomic mass is 32.1. The molecule has 0 saturated heterocycles. The number of benzene rings is 1. The van der Waals surface area contributed by atoms with Crippen LogP contribution in [0.5, 0.6) is 0 Å². The average molecular weight is 444 g/mol. The van der Waals surface area contributed by atoms with E-state index in [2.05, 4.69) is 4.99 Å². The molecule has 0 radical (unpaired) electrons. The molecule has 31 heavy (non-hydrogen) atoms. The summed E-state index contributed by atoms with van der Waals surface area (Å²) < 4.78 is 10.2. The van der Waals surface area contributed by atoms with Crippen LogP contribution in [0.4, 0.5) is 5.69 Å². The van der Waals surface area contributed by atoms with Crippen molar-refractivity contribution < 1.29 is 28.8 Å². The third kappa shape index (κ3) is 4.85. The molecule has 1 aliphatic rings. The van der Waals surface area contributed by atoms with Crippen molar-refractivity contribution in [3.8, 4) is 0 Å². The van der Waals surface area contributed by atoms with Gasteiger partial charge in [0.05, 0.1) is 18.6 Å². The van der Waals surface area contributed by atoms with Gasteiger partial charge in [-0.05, 0) is 23.9 Å². The van der Waals surface area contributed by atoms with Gasteiger partial charge in [0.15, 0.2) is 0 Å². The van der Waals surface area contributed by atoms with E-state index in [-0.39, 0.29) is 23.6 Å². The zero-order chi connectivity index (χ0) is 22.5. The van der Waals surface area contributed by atoms with Gasteiger partial charge in [-0.15, -0.1) is 11.3 Å². The van der Waals surface area contributed by atoms with E-state index in [9.17, 15) is 24.5 Å². The van der Waals surface area contributed by atoms with Crippen LogP contribution in [0.3, 0.4) is 0 Å². The van der Waals surface area contributed by atoms with E-state index < -0.39 is 40.5 Å². The fraction of sp³-hybridized carbons (Fsp3) is 0.333. The van der Waals surface area contributed by atoms with Gasteiger partial charge in [-0.3, -0.25) is 24.5 Å². The molecule has 0 aliphatic carbocycles. The maximum atomic E-state index is 13.0. The summed E-state index contributed by atoms with van der Waals surface area (Å²) in [6.45, 7) is 1.61. The number of carbonyl (C=O) groups is 3. The number of carbonyl (C=O) groups excluding carboxylic acids is 3. The van der Waals surface area contributed by atoms with Gasteiger partial charge in [0.1, 0.15) is 11.8 Å². The number of ether oxygens (including phenoxy) is 2. The van der Waals surface area contributed by atoms with Crippen LogP contribution in [0.25, 0.3) is 0 Å². The molecule has 1 aromatic heterocycles. The number of rotatable bonds is 7. The average Bonchev–Trinajstić information content (AvgIpc) is 3.26. The lowest BCUT2D eigenvalue weighted by atomic mass is 9.72. The van der Waals surface area contributed by atoms with Crippen LogP contribution in [-0.2, 0) is 30.3 Å². The Morgan fingerprint density at radius 1 is 1.19 bits per heavy atom. The second-order valence-corrected chi connectivity index (χ2v) is 7.98. The summed E-state index contributed by atoms with van der Waals surface area (Å²) in [5.41, 5.74) is 0.244. The number of nitrogens with zero attached hydrogens (tertiary/aromatic N) is 2. The highest BCUT2D eigenvalue weighted by Gasteiger charge is 2.49. The van der Waals surface area contributed by atoms with Gasteiger partial charge in [-0.25, -0.2) is 4.99 Å². The summed E-state index contributed by atoms with van der Waals surface area (Å²) in [6, 6.07) is 9.32. The van der Waals surface area contributed by atoms with Crippen molar-refractivity contribution in [3.05, 3.63) is 62.3 Å². The molecule has 162 valence electrons. The first kappa shape index (κ1) is 22.3. The van der Waals surface area contributed by atoms with E-state index in [4.69, 9.17) is 9.47 Å². The molecule has 1 aromatic carbocycles. The van der Waals surface area contributed by atoms with Gasteiger partial charge in [0.2, 0.25) is 0 Å². The first-order valence-electron chi connectivity index (χ1n) is 9.43. The van der Waals surface area contributed by atoms with Crippen molar-refractivity contribution in [1.29, 1.82) is 0 Å². The number of non-ortho nitro benzene ring substituents is 1. The van der Waals surface area contributed by atoms with E-state index in [1.807, 2.05) is 17.5 Å². The molecule has 2 heterocycles. The Bertz CT molecular complexity index is 1030. The van der Waals surface area contributed by atoms with Gasteiger partial charge in [0, 0.05) is 35.1 Å². The molecule has 0 saturated carbocycles. The fourth-order valence-corrected chi connectivity index (χ4v) is 4.33. The predicted molar refractivity (Wildman–Crippen MR) is 112 cm³/mol. The maximum absolute atomic E-state index is 13.0. The molecule has 3 atom stereocenters. The number of hydrogen-bond donors (Lipinski definition) is 0. The molecule has 10 heteroatoms. The highest BCUT2D eigenvalue weighted by Crippen LogP contribution is 2.40. The van der Waals surface area contributed by atoms with Crippen molar-refractivity contribution in [3.63, 3.8) is 0 Å². The van der Waals surface area contributed by atoms with Crippen LogP contribution in [0.2, 0.25) is 0 Å². The van der Waals surface area contributed by atoms with E-state index in [1.54, 1.807) is 0 Å². The van der Waals surface area contributed by atoms with Gasteiger partial charge in [-0.1, -0.05) is 18.2 Å². The Hall–Kier alpha value is -3.40. The molecule has 0 spiro atoms. The lowest BCUT2D eigenvalue weighted by Crippen LogP contribution is -2.44. The Kier molecular flexibility index (Phi) is 6.91. The van der Waals surface area contributed by atoms with Crippen molar-refractivity contribution in [1.82, 2.24) is 0 Å². The molecule has 3 rings (SSSR count). The molecule has 0 N–H and O–H groups in total. The van der Waals surface area contributed by atoms with E-state index in [0.29, 0.717) is 6.42 Å². The second-order valence-electron chi connectivity index (χ2n) is 6.94. The van der Waals surface area contributed by atoms with E-state index in [0.717, 1.165) is 12.0 Å². The monoisotopic (exact) mass is 444 g/mol. The molecular weight excluding hydrogens is 424 g/mol. The summed E-state index contributed by atoms with van der Waals surface area (Å²) >= 11 is 1.54. The Balaban J connectivity index is 1.96. The molecule has 1 amide bonds. The number of thiophene rings is 1. The van der Waals surface area contributed by atoms with Gasteiger partial charge in [-0.2, -0.15) is 0 Å². The number of nitro groups is 1. The van der Waals surface area contributed by atoms with Gasteiger partial charge >= 0.3 is 11.9 Å². The number of nitro benzene ring substituents is 1. The summed E-state index contributed by atoms with van der Waals surface area (Å²) in [6.07, 6.45) is 0.521. The summed E-state index contributed by atoms with van der Waals surface area (Å²) in [7, 11) is 1.12. The van der Waals surface area contributed by atoms with Crippen LogP contribution in [0.15, 0.2) is 46.8 Å². The van der Waals surface area contributed by atoms with Gasteiger partial charge in [0.25, 0.3) is 11.6 Å². The zero-order valence-corrected chi connectivity index (χ0v) is 17.7. The van der Waals surface area contributed by atoms with Crippen LogP contribution >= 0.6 is 11.3 Å².